The topological polar surface area (TPSA) is 71.0 Å². The SMILES string of the molecule is CCOC(=O)C1=C(C)N=C2SCCCN2[C@H]1c1cccc(NC(=O)C(C)(C)CCl)c1. The number of carbonyl (C=O) groups excluding carboxylic acids is 2. The minimum absolute atomic E-state index is 0.147. The highest BCUT2D eigenvalue weighted by molar-refractivity contribution is 8.13. The molecule has 1 aromatic rings. The number of esters is 1. The summed E-state index contributed by atoms with van der Waals surface area (Å²) in [6.45, 7) is 8.37. The molecule has 1 N–H and O–H groups in total. The number of allylic oxidation sites excluding steroid dienone is 1. The van der Waals surface area contributed by atoms with Crippen LogP contribution in [-0.4, -0.2) is 46.7 Å². The maximum absolute atomic E-state index is 12.8. The number of nitrogens with zero attached hydrogens (tertiary/aromatic N) is 2. The molecule has 6 nitrogen and oxygen atoms in total. The van der Waals surface area contributed by atoms with Crippen molar-refractivity contribution in [1.82, 2.24) is 4.90 Å². The summed E-state index contributed by atoms with van der Waals surface area (Å²) in [5.41, 5.74) is 2.13. The molecular weight excluding hydrogens is 422 g/mol. The van der Waals surface area contributed by atoms with Gasteiger partial charge in [0.15, 0.2) is 5.17 Å². The smallest absolute Gasteiger partial charge is 0.338 e. The minimum atomic E-state index is -0.682. The van der Waals surface area contributed by atoms with E-state index in [2.05, 4.69) is 15.2 Å². The Morgan fingerprint density at radius 1 is 1.40 bits per heavy atom. The highest BCUT2D eigenvalue weighted by atomic mass is 35.5. The van der Waals surface area contributed by atoms with Crippen molar-refractivity contribution in [3.05, 3.63) is 41.1 Å². The Bertz CT molecular complexity index is 897. The first kappa shape index (κ1) is 22.7. The van der Waals surface area contributed by atoms with E-state index in [1.54, 1.807) is 32.5 Å². The van der Waals surface area contributed by atoms with Crippen LogP contribution in [0.15, 0.2) is 40.5 Å². The number of fused-ring (bicyclic) bond motifs is 1. The Labute approximate surface area is 187 Å². The maximum atomic E-state index is 12.8. The fraction of sp³-hybridized carbons (Fsp3) is 0.500. The van der Waals surface area contributed by atoms with Gasteiger partial charge in [-0.1, -0.05) is 23.9 Å². The van der Waals surface area contributed by atoms with Crippen molar-refractivity contribution in [2.45, 2.75) is 40.2 Å². The van der Waals surface area contributed by atoms with Gasteiger partial charge in [0.1, 0.15) is 0 Å². The summed E-state index contributed by atoms with van der Waals surface area (Å²) in [6.07, 6.45) is 1.01. The zero-order valence-electron chi connectivity index (χ0n) is 17.8. The quantitative estimate of drug-likeness (QED) is 0.508. The minimum Gasteiger partial charge on any atom is -0.463 e. The normalized spacial score (nSPS) is 19.2. The second-order valence-electron chi connectivity index (χ2n) is 8.01. The predicted octanol–water partition coefficient (Wildman–Crippen LogP) is 4.58. The third-order valence-electron chi connectivity index (χ3n) is 5.16. The Hall–Kier alpha value is -1.99. The number of thioether (sulfide) groups is 1. The molecule has 0 bridgehead atoms. The van der Waals surface area contributed by atoms with E-state index in [4.69, 9.17) is 16.3 Å². The number of anilines is 1. The fourth-order valence-electron chi connectivity index (χ4n) is 3.43. The van der Waals surface area contributed by atoms with Crippen LogP contribution in [0.2, 0.25) is 0 Å². The Kier molecular flexibility index (Phi) is 7.14. The van der Waals surface area contributed by atoms with Gasteiger partial charge < -0.3 is 15.0 Å². The van der Waals surface area contributed by atoms with Crippen molar-refractivity contribution >= 4 is 46.1 Å². The maximum Gasteiger partial charge on any atom is 0.338 e. The zero-order chi connectivity index (χ0) is 21.9. The summed E-state index contributed by atoms with van der Waals surface area (Å²) in [5, 5.41) is 3.88. The molecule has 162 valence electrons. The standard InChI is InChI=1S/C22H28ClN3O3S/c1-5-29-19(27)17-14(2)24-21-26(10-7-11-30-21)18(17)15-8-6-9-16(12-15)25-20(28)22(3,4)13-23/h6,8-9,12,18H,5,7,10-11,13H2,1-4H3,(H,25,28)/t18-/m0/s1. The first-order valence-electron chi connectivity index (χ1n) is 10.1. The van der Waals surface area contributed by atoms with Gasteiger partial charge in [-0.2, -0.15) is 0 Å². The van der Waals surface area contributed by atoms with Crippen LogP contribution in [-0.2, 0) is 14.3 Å². The van der Waals surface area contributed by atoms with Crippen LogP contribution in [0.4, 0.5) is 5.69 Å². The van der Waals surface area contributed by atoms with Crippen molar-refractivity contribution < 1.29 is 14.3 Å². The number of alkyl halides is 1. The van der Waals surface area contributed by atoms with Crippen LogP contribution in [0.5, 0.6) is 0 Å². The molecule has 1 atom stereocenters. The lowest BCUT2D eigenvalue weighted by atomic mass is 9.93. The fourth-order valence-corrected chi connectivity index (χ4v) is 4.57. The number of ether oxygens (including phenoxy) is 1. The number of benzene rings is 1. The Balaban J connectivity index is 2.00. The largest absolute Gasteiger partial charge is 0.463 e. The Morgan fingerprint density at radius 2 is 2.17 bits per heavy atom. The van der Waals surface area contributed by atoms with Crippen LogP contribution >= 0.6 is 23.4 Å². The number of halogens is 1. The molecule has 0 saturated carbocycles. The lowest BCUT2D eigenvalue weighted by Gasteiger charge is -2.40. The summed E-state index contributed by atoms with van der Waals surface area (Å²) >= 11 is 7.65. The summed E-state index contributed by atoms with van der Waals surface area (Å²) in [4.78, 5) is 32.3. The van der Waals surface area contributed by atoms with E-state index in [-0.39, 0.29) is 23.8 Å². The van der Waals surface area contributed by atoms with Gasteiger partial charge in [0.25, 0.3) is 0 Å². The first-order chi connectivity index (χ1) is 14.3. The molecule has 1 amide bonds. The molecule has 2 aliphatic rings. The van der Waals surface area contributed by atoms with Crippen molar-refractivity contribution in [2.75, 3.05) is 30.1 Å². The molecule has 0 aromatic heterocycles. The molecule has 2 aliphatic heterocycles. The number of nitrogens with one attached hydrogen (secondary N) is 1. The van der Waals surface area contributed by atoms with E-state index in [1.807, 2.05) is 31.2 Å². The first-order valence-corrected chi connectivity index (χ1v) is 11.6. The highest BCUT2D eigenvalue weighted by Gasteiger charge is 2.38. The van der Waals surface area contributed by atoms with Gasteiger partial charge in [-0.15, -0.1) is 11.6 Å². The number of hydrogen-bond acceptors (Lipinski definition) is 6. The average molecular weight is 450 g/mol. The van der Waals surface area contributed by atoms with Crippen molar-refractivity contribution in [3.63, 3.8) is 0 Å². The van der Waals surface area contributed by atoms with Crippen LogP contribution < -0.4 is 5.32 Å². The van der Waals surface area contributed by atoms with Gasteiger partial charge >= 0.3 is 5.97 Å². The lowest BCUT2D eigenvalue weighted by Crippen LogP contribution is -2.42. The van der Waals surface area contributed by atoms with E-state index in [0.717, 1.165) is 29.4 Å². The van der Waals surface area contributed by atoms with Gasteiger partial charge in [0.2, 0.25) is 5.91 Å². The lowest BCUT2D eigenvalue weighted by molar-refractivity contribution is -0.139. The molecular formula is C22H28ClN3O3S. The number of rotatable bonds is 6. The van der Waals surface area contributed by atoms with Gasteiger partial charge in [-0.3, -0.25) is 4.79 Å². The van der Waals surface area contributed by atoms with Gasteiger partial charge in [0.05, 0.1) is 29.3 Å². The molecule has 1 saturated heterocycles. The Morgan fingerprint density at radius 3 is 2.87 bits per heavy atom. The third kappa shape index (κ3) is 4.67. The van der Waals surface area contributed by atoms with Crippen molar-refractivity contribution in [3.8, 4) is 0 Å². The van der Waals surface area contributed by atoms with Crippen LogP contribution in [0.25, 0.3) is 0 Å². The van der Waals surface area contributed by atoms with Gasteiger partial charge in [-0.25, -0.2) is 9.79 Å². The monoisotopic (exact) mass is 449 g/mol. The molecule has 1 aromatic carbocycles. The molecule has 3 rings (SSSR count). The van der Waals surface area contributed by atoms with E-state index in [9.17, 15) is 9.59 Å². The number of carbonyl (C=O) groups is 2. The van der Waals surface area contributed by atoms with Crippen molar-refractivity contribution in [1.29, 1.82) is 0 Å². The van der Waals surface area contributed by atoms with Gasteiger partial charge in [-0.05, 0) is 51.8 Å². The molecule has 2 heterocycles. The third-order valence-corrected chi connectivity index (χ3v) is 6.91. The van der Waals surface area contributed by atoms with E-state index >= 15 is 0 Å². The summed E-state index contributed by atoms with van der Waals surface area (Å²) in [7, 11) is 0. The number of hydrogen-bond donors (Lipinski definition) is 1. The molecule has 0 spiro atoms. The molecule has 1 fully saturated rings. The van der Waals surface area contributed by atoms with Crippen LogP contribution in [0.1, 0.15) is 45.7 Å². The average Bonchev–Trinajstić information content (AvgIpc) is 2.73. The second kappa shape index (κ2) is 9.43. The van der Waals surface area contributed by atoms with E-state index in [1.165, 1.54) is 0 Å². The van der Waals surface area contributed by atoms with E-state index in [0.29, 0.717) is 23.6 Å². The van der Waals surface area contributed by atoms with Crippen LogP contribution in [0.3, 0.4) is 0 Å². The van der Waals surface area contributed by atoms with Crippen LogP contribution in [0, 0.1) is 5.41 Å². The molecule has 30 heavy (non-hydrogen) atoms. The van der Waals surface area contributed by atoms with E-state index < -0.39 is 5.41 Å². The predicted molar refractivity (Wildman–Crippen MR) is 123 cm³/mol. The van der Waals surface area contributed by atoms with Crippen molar-refractivity contribution in [2.24, 2.45) is 10.4 Å². The molecule has 0 aliphatic carbocycles. The summed E-state index contributed by atoms with van der Waals surface area (Å²) in [6, 6.07) is 7.32. The number of amidine groups is 1. The molecule has 0 radical (unpaired) electrons. The number of aliphatic imine (C=N–C) groups is 1. The molecule has 0 unspecified atom stereocenters. The summed E-state index contributed by atoms with van der Waals surface area (Å²) < 4.78 is 5.35. The summed E-state index contributed by atoms with van der Waals surface area (Å²) in [5.74, 6) is 0.733. The van der Waals surface area contributed by atoms with Gasteiger partial charge in [0, 0.05) is 23.9 Å². The highest BCUT2D eigenvalue weighted by Crippen LogP contribution is 2.40. The molecule has 8 heteroatoms. The number of amides is 1. The second-order valence-corrected chi connectivity index (χ2v) is 9.34. The zero-order valence-corrected chi connectivity index (χ0v) is 19.4.